The van der Waals surface area contributed by atoms with Crippen molar-refractivity contribution in [2.45, 2.75) is 26.9 Å². The Hall–Kier alpha value is -2.53. The van der Waals surface area contributed by atoms with Gasteiger partial charge < -0.3 is 5.32 Å². The number of carbonyl (C=O) groups excluding carboxylic acids is 1. The molecule has 0 fully saturated rings. The van der Waals surface area contributed by atoms with E-state index >= 15 is 0 Å². The molecule has 132 valence electrons. The third-order valence-electron chi connectivity index (χ3n) is 3.31. The smallest absolute Gasteiger partial charge is 0.309 e. The molecule has 0 saturated carbocycles. The maximum absolute atomic E-state index is 12.8. The van der Waals surface area contributed by atoms with E-state index in [4.69, 9.17) is 11.6 Å². The van der Waals surface area contributed by atoms with Crippen LogP contribution in [0.2, 0.25) is 5.02 Å². The maximum atomic E-state index is 12.8. The van der Waals surface area contributed by atoms with Gasteiger partial charge in [-0.1, -0.05) is 32.4 Å². The van der Waals surface area contributed by atoms with Crippen molar-refractivity contribution in [3.05, 3.63) is 40.5 Å². The molecule has 0 aliphatic rings. The summed E-state index contributed by atoms with van der Waals surface area (Å²) in [6, 6.07) is 4.62. The zero-order chi connectivity index (χ0) is 19.0. The number of hydrogen-bond acceptors (Lipinski definition) is 3. The van der Waals surface area contributed by atoms with Crippen LogP contribution in [-0.4, -0.2) is 15.7 Å². The number of nitriles is 1. The highest BCUT2D eigenvalue weighted by Crippen LogP contribution is 2.34. The molecule has 1 aromatic carbocycles. The molecular formula is C16H14ClF3N4O. The molecule has 0 aliphatic heterocycles. The number of nitrogens with one attached hydrogen (secondary N) is 1. The molecule has 1 amide bonds. The highest BCUT2D eigenvalue weighted by atomic mass is 35.5. The molecule has 0 saturated heterocycles. The van der Waals surface area contributed by atoms with Gasteiger partial charge in [-0.15, -0.1) is 0 Å². The minimum absolute atomic E-state index is 0.0454. The van der Waals surface area contributed by atoms with E-state index in [0.717, 1.165) is 22.9 Å². The van der Waals surface area contributed by atoms with Crippen molar-refractivity contribution in [3.8, 4) is 11.8 Å². The largest absolute Gasteiger partial charge is 0.416 e. The van der Waals surface area contributed by atoms with Crippen LogP contribution in [0.4, 0.5) is 19.0 Å². The Morgan fingerprint density at radius 2 is 1.96 bits per heavy atom. The standard InChI is InChI=1S/C16H14ClF3N4O/c1-15(2,3)14(25)23-13-9(7-21)8-22-24(13)12-5-4-10(6-11(12)17)16(18,19)20/h4-6,8H,1-3H3,(H,23,25). The first-order chi connectivity index (χ1) is 11.4. The molecule has 5 nitrogen and oxygen atoms in total. The number of nitrogens with zero attached hydrogens (tertiary/aromatic N) is 3. The van der Waals surface area contributed by atoms with Gasteiger partial charge in [-0.2, -0.15) is 23.5 Å². The third-order valence-corrected chi connectivity index (χ3v) is 3.61. The van der Waals surface area contributed by atoms with E-state index in [9.17, 15) is 23.2 Å². The molecule has 9 heteroatoms. The number of aromatic nitrogens is 2. The molecule has 1 heterocycles. The van der Waals surface area contributed by atoms with Gasteiger partial charge in [0.1, 0.15) is 11.6 Å². The number of alkyl halides is 3. The van der Waals surface area contributed by atoms with Gasteiger partial charge in [-0.25, -0.2) is 4.68 Å². The fourth-order valence-electron chi connectivity index (χ4n) is 1.88. The molecule has 0 unspecified atom stereocenters. The fraction of sp³-hybridized carbons (Fsp3) is 0.312. The number of rotatable bonds is 2. The Kier molecular flexibility index (Phi) is 4.82. The molecular weight excluding hydrogens is 357 g/mol. The van der Waals surface area contributed by atoms with E-state index in [1.165, 1.54) is 6.20 Å². The molecule has 0 aliphatic carbocycles. The van der Waals surface area contributed by atoms with Crippen LogP contribution in [0.15, 0.2) is 24.4 Å². The molecule has 2 aromatic rings. The minimum atomic E-state index is -4.53. The third kappa shape index (κ3) is 3.94. The van der Waals surface area contributed by atoms with Crippen molar-refractivity contribution >= 4 is 23.3 Å². The lowest BCUT2D eigenvalue weighted by Gasteiger charge is -2.19. The summed E-state index contributed by atoms with van der Waals surface area (Å²) in [7, 11) is 0. The highest BCUT2D eigenvalue weighted by molar-refractivity contribution is 6.32. The van der Waals surface area contributed by atoms with Crippen molar-refractivity contribution in [1.82, 2.24) is 9.78 Å². The second-order valence-corrected chi connectivity index (χ2v) is 6.71. The summed E-state index contributed by atoms with van der Waals surface area (Å²) in [5, 5.41) is 15.5. The van der Waals surface area contributed by atoms with Gasteiger partial charge in [0.15, 0.2) is 5.82 Å². The molecule has 0 bridgehead atoms. The average Bonchev–Trinajstić information content (AvgIpc) is 2.87. The Morgan fingerprint density at radius 3 is 2.44 bits per heavy atom. The molecule has 1 aromatic heterocycles. The summed E-state index contributed by atoms with van der Waals surface area (Å²) in [6.07, 6.45) is -3.33. The van der Waals surface area contributed by atoms with E-state index in [1.54, 1.807) is 20.8 Å². The molecule has 0 radical (unpaired) electrons. The van der Waals surface area contributed by atoms with Gasteiger partial charge in [-0.3, -0.25) is 4.79 Å². The number of halogens is 4. The normalized spacial score (nSPS) is 11.9. The van der Waals surface area contributed by atoms with E-state index in [-0.39, 0.29) is 28.0 Å². The van der Waals surface area contributed by atoms with Crippen molar-refractivity contribution in [2.75, 3.05) is 5.32 Å². The Morgan fingerprint density at radius 1 is 1.32 bits per heavy atom. The van der Waals surface area contributed by atoms with Crippen LogP contribution in [0.3, 0.4) is 0 Å². The van der Waals surface area contributed by atoms with Crippen LogP contribution in [0.5, 0.6) is 0 Å². The second kappa shape index (κ2) is 6.41. The predicted octanol–water partition coefficient (Wildman–Crippen LogP) is 4.40. The first-order valence-electron chi connectivity index (χ1n) is 7.12. The summed E-state index contributed by atoms with van der Waals surface area (Å²) < 4.78 is 39.4. The van der Waals surface area contributed by atoms with E-state index in [1.807, 2.05) is 6.07 Å². The topological polar surface area (TPSA) is 70.7 Å². The molecule has 25 heavy (non-hydrogen) atoms. The van der Waals surface area contributed by atoms with Crippen LogP contribution in [-0.2, 0) is 11.0 Å². The lowest BCUT2D eigenvalue weighted by Crippen LogP contribution is -2.29. The van der Waals surface area contributed by atoms with Crippen LogP contribution in [0.25, 0.3) is 5.69 Å². The first kappa shape index (κ1) is 18.8. The van der Waals surface area contributed by atoms with Crippen molar-refractivity contribution in [2.24, 2.45) is 5.41 Å². The quantitative estimate of drug-likeness (QED) is 0.851. The lowest BCUT2D eigenvalue weighted by molar-refractivity contribution is -0.137. The summed E-state index contributed by atoms with van der Waals surface area (Å²) in [6.45, 7) is 5.04. The summed E-state index contributed by atoms with van der Waals surface area (Å²) in [5.74, 6) is -0.335. The Bertz CT molecular complexity index is 860. The molecule has 0 atom stereocenters. The minimum Gasteiger partial charge on any atom is -0.309 e. The van der Waals surface area contributed by atoms with Crippen LogP contribution in [0, 0.1) is 16.7 Å². The van der Waals surface area contributed by atoms with Gasteiger partial charge in [0.2, 0.25) is 5.91 Å². The summed E-state index contributed by atoms with van der Waals surface area (Å²) >= 11 is 5.96. The van der Waals surface area contributed by atoms with Crippen molar-refractivity contribution in [1.29, 1.82) is 5.26 Å². The zero-order valence-corrected chi connectivity index (χ0v) is 14.3. The van der Waals surface area contributed by atoms with Gasteiger partial charge in [0.25, 0.3) is 0 Å². The molecule has 2 rings (SSSR count). The van der Waals surface area contributed by atoms with Gasteiger partial charge in [0, 0.05) is 5.41 Å². The monoisotopic (exact) mass is 370 g/mol. The van der Waals surface area contributed by atoms with Gasteiger partial charge >= 0.3 is 6.18 Å². The zero-order valence-electron chi connectivity index (χ0n) is 13.6. The van der Waals surface area contributed by atoms with Crippen molar-refractivity contribution in [3.63, 3.8) is 0 Å². The average molecular weight is 371 g/mol. The number of anilines is 1. The number of hydrogen-bond donors (Lipinski definition) is 1. The first-order valence-corrected chi connectivity index (χ1v) is 7.49. The molecule has 1 N–H and O–H groups in total. The summed E-state index contributed by atoms with van der Waals surface area (Å²) in [5.41, 5.74) is -1.48. The SMILES string of the molecule is CC(C)(C)C(=O)Nc1c(C#N)cnn1-c1ccc(C(F)(F)F)cc1Cl. The van der Waals surface area contributed by atoms with E-state index in [0.29, 0.717) is 0 Å². The Labute approximate surface area is 147 Å². The van der Waals surface area contributed by atoms with E-state index in [2.05, 4.69) is 10.4 Å². The second-order valence-electron chi connectivity index (χ2n) is 6.30. The van der Waals surface area contributed by atoms with Crippen molar-refractivity contribution < 1.29 is 18.0 Å². The number of carbonyl (C=O) groups is 1. The van der Waals surface area contributed by atoms with Gasteiger partial charge in [-0.05, 0) is 18.2 Å². The number of amides is 1. The highest BCUT2D eigenvalue weighted by Gasteiger charge is 2.31. The van der Waals surface area contributed by atoms with Crippen LogP contribution >= 0.6 is 11.6 Å². The maximum Gasteiger partial charge on any atom is 0.416 e. The predicted molar refractivity (Wildman–Crippen MR) is 86.4 cm³/mol. The van der Waals surface area contributed by atoms with E-state index < -0.39 is 17.2 Å². The van der Waals surface area contributed by atoms with Crippen LogP contribution < -0.4 is 5.32 Å². The lowest BCUT2D eigenvalue weighted by atomic mass is 9.96. The van der Waals surface area contributed by atoms with Gasteiger partial charge in [0.05, 0.1) is 22.5 Å². The fourth-order valence-corrected chi connectivity index (χ4v) is 2.14. The molecule has 0 spiro atoms. The Balaban J connectivity index is 2.53. The van der Waals surface area contributed by atoms with Crippen LogP contribution in [0.1, 0.15) is 31.9 Å². The number of benzene rings is 1. The summed E-state index contributed by atoms with van der Waals surface area (Å²) in [4.78, 5) is 12.2.